The van der Waals surface area contributed by atoms with Gasteiger partial charge in [0, 0.05) is 36.6 Å². The van der Waals surface area contributed by atoms with Crippen LogP contribution in [0.5, 0.6) is 5.75 Å². The van der Waals surface area contributed by atoms with E-state index < -0.39 is 40.2 Å². The molecule has 3 heterocycles. The normalized spacial score (nSPS) is 13.1. The lowest BCUT2D eigenvalue weighted by atomic mass is 10.1. The van der Waals surface area contributed by atoms with Crippen molar-refractivity contribution in [1.82, 2.24) is 19.9 Å². The van der Waals surface area contributed by atoms with Crippen LogP contribution in [-0.2, 0) is 13.1 Å². The maximum atomic E-state index is 13.9. The molecule has 0 saturated carbocycles. The summed E-state index contributed by atoms with van der Waals surface area (Å²) in [6.45, 7) is 3.97. The molecule has 2 amide bonds. The molecular weight excluding hydrogens is 460 g/mol. The van der Waals surface area contributed by atoms with Crippen LogP contribution in [0.3, 0.4) is 0 Å². The minimum absolute atomic E-state index is 0.0166. The summed E-state index contributed by atoms with van der Waals surface area (Å²) in [6, 6.07) is 8.38. The highest BCUT2D eigenvalue weighted by Gasteiger charge is 2.34. The molecule has 1 aromatic carbocycles. The van der Waals surface area contributed by atoms with Gasteiger partial charge in [-0.05, 0) is 32.0 Å². The average molecular weight is 483 g/mol. The molecule has 0 aliphatic carbocycles. The number of aryl methyl sites for hydroxylation is 1. The lowest BCUT2D eigenvalue weighted by Crippen LogP contribution is -2.54. The average Bonchev–Trinajstić information content (AvgIpc) is 2.82. The number of benzene rings is 1. The fraction of sp³-hybridized carbons (Fsp3) is 0.250. The summed E-state index contributed by atoms with van der Waals surface area (Å²) < 4.78 is 28.3. The third kappa shape index (κ3) is 4.70. The molecule has 0 bridgehead atoms. The van der Waals surface area contributed by atoms with Crippen molar-refractivity contribution in [3.05, 3.63) is 92.7 Å². The van der Waals surface area contributed by atoms with Gasteiger partial charge >= 0.3 is 0 Å². The lowest BCUT2D eigenvalue weighted by Gasteiger charge is -2.39. The molecule has 0 radical (unpaired) electrons. The minimum Gasteiger partial charge on any atom is -0.502 e. The van der Waals surface area contributed by atoms with E-state index in [1.807, 2.05) is 19.1 Å². The van der Waals surface area contributed by atoms with Gasteiger partial charge in [-0.25, -0.2) is 8.78 Å². The van der Waals surface area contributed by atoms with Crippen molar-refractivity contribution < 1.29 is 23.5 Å². The predicted molar refractivity (Wildman–Crippen MR) is 122 cm³/mol. The molecule has 0 spiro atoms. The Morgan fingerprint density at radius 1 is 1.20 bits per heavy atom. The molecule has 0 unspecified atom stereocenters. The van der Waals surface area contributed by atoms with Gasteiger partial charge in [0.2, 0.25) is 5.43 Å². The molecule has 11 heteroatoms. The molecule has 0 fully saturated rings. The smallest absolute Gasteiger partial charge is 0.277 e. The Bertz CT molecular complexity index is 1370. The van der Waals surface area contributed by atoms with Crippen LogP contribution in [-0.4, -0.2) is 44.7 Å². The van der Waals surface area contributed by atoms with E-state index in [-0.39, 0.29) is 31.0 Å². The number of carbonyl (C=O) groups excluding carboxylic acids is 2. The summed E-state index contributed by atoms with van der Waals surface area (Å²) in [5, 5.41) is 14.7. The number of hydrogen-bond acceptors (Lipinski definition) is 6. The molecule has 0 saturated heterocycles. The first kappa shape index (κ1) is 23.9. The second kappa shape index (κ2) is 9.53. The first-order valence-electron chi connectivity index (χ1n) is 10.9. The first-order valence-corrected chi connectivity index (χ1v) is 10.9. The summed E-state index contributed by atoms with van der Waals surface area (Å²) in [4.78, 5) is 44.4. The van der Waals surface area contributed by atoms with Crippen LogP contribution in [0.25, 0.3) is 0 Å². The quantitative estimate of drug-likeness (QED) is 0.556. The highest BCUT2D eigenvalue weighted by molar-refractivity contribution is 5.99. The van der Waals surface area contributed by atoms with Crippen LogP contribution in [0, 0.1) is 18.6 Å². The fourth-order valence-corrected chi connectivity index (χ4v) is 3.83. The Balaban J connectivity index is 1.70. The Labute approximate surface area is 199 Å². The van der Waals surface area contributed by atoms with Gasteiger partial charge in [-0.2, -0.15) is 0 Å². The van der Waals surface area contributed by atoms with Crippen molar-refractivity contribution in [2.24, 2.45) is 0 Å². The zero-order valence-electron chi connectivity index (χ0n) is 19.1. The molecule has 4 rings (SSSR count). The molecule has 35 heavy (non-hydrogen) atoms. The highest BCUT2D eigenvalue weighted by atomic mass is 19.1. The summed E-state index contributed by atoms with van der Waals surface area (Å²) in [6.07, 6.45) is 1.18. The zero-order chi connectivity index (χ0) is 25.3. The number of carbonyl (C=O) groups is 2. The van der Waals surface area contributed by atoms with Gasteiger partial charge in [-0.3, -0.25) is 29.1 Å². The molecule has 2 aromatic heterocycles. The standard InChI is InChI=1S/C24H23F2N5O4/c1-3-29-13-30(11-17-6-4-5-14(2)28-17)31-12-18(21(32)22(33)20(31)24(29)35)23(34)27-10-15-7-8-16(25)9-19(15)26/h4-9,12,33H,3,10-11,13H2,1-2H3,(H,27,34). The number of aromatic nitrogens is 2. The van der Waals surface area contributed by atoms with Gasteiger partial charge in [-0.1, -0.05) is 12.1 Å². The summed E-state index contributed by atoms with van der Waals surface area (Å²) in [5.74, 6) is -3.92. The summed E-state index contributed by atoms with van der Waals surface area (Å²) in [7, 11) is 0. The van der Waals surface area contributed by atoms with E-state index in [4.69, 9.17) is 0 Å². The van der Waals surface area contributed by atoms with E-state index in [1.165, 1.54) is 21.8 Å². The van der Waals surface area contributed by atoms with E-state index in [0.717, 1.165) is 11.8 Å². The van der Waals surface area contributed by atoms with Crippen LogP contribution >= 0.6 is 0 Å². The number of fused-ring (bicyclic) bond motifs is 1. The molecule has 2 N–H and O–H groups in total. The van der Waals surface area contributed by atoms with E-state index in [2.05, 4.69) is 10.3 Å². The van der Waals surface area contributed by atoms with Crippen molar-refractivity contribution in [1.29, 1.82) is 0 Å². The maximum absolute atomic E-state index is 13.9. The highest BCUT2D eigenvalue weighted by Crippen LogP contribution is 2.22. The van der Waals surface area contributed by atoms with Crippen LogP contribution in [0.1, 0.15) is 44.7 Å². The Kier molecular flexibility index (Phi) is 6.50. The molecule has 3 aromatic rings. The number of nitrogens with zero attached hydrogens (tertiary/aromatic N) is 4. The number of aromatic hydroxyl groups is 1. The van der Waals surface area contributed by atoms with Gasteiger partial charge in [0.1, 0.15) is 23.9 Å². The van der Waals surface area contributed by atoms with Crippen molar-refractivity contribution in [2.45, 2.75) is 26.9 Å². The first-order chi connectivity index (χ1) is 16.7. The van der Waals surface area contributed by atoms with Crippen molar-refractivity contribution in [3.63, 3.8) is 0 Å². The number of pyridine rings is 2. The maximum Gasteiger partial charge on any atom is 0.277 e. The third-order valence-electron chi connectivity index (χ3n) is 5.66. The Morgan fingerprint density at radius 2 is 1.97 bits per heavy atom. The minimum atomic E-state index is -1.03. The predicted octanol–water partition coefficient (Wildman–Crippen LogP) is 2.04. The van der Waals surface area contributed by atoms with E-state index in [1.54, 1.807) is 18.0 Å². The molecule has 1 aliphatic heterocycles. The van der Waals surface area contributed by atoms with Gasteiger partial charge in [0.25, 0.3) is 11.8 Å². The van der Waals surface area contributed by atoms with Gasteiger partial charge < -0.3 is 15.3 Å². The largest absolute Gasteiger partial charge is 0.502 e. The van der Waals surface area contributed by atoms with Crippen LogP contribution < -0.4 is 15.8 Å². The van der Waals surface area contributed by atoms with Crippen LogP contribution in [0.15, 0.2) is 47.4 Å². The Morgan fingerprint density at radius 3 is 2.66 bits per heavy atom. The second-order valence-corrected chi connectivity index (χ2v) is 8.07. The van der Waals surface area contributed by atoms with Crippen molar-refractivity contribution >= 4 is 11.8 Å². The van der Waals surface area contributed by atoms with E-state index in [9.17, 15) is 28.3 Å². The molecule has 9 nitrogen and oxygen atoms in total. The summed E-state index contributed by atoms with van der Waals surface area (Å²) in [5.41, 5.74) is -0.252. The number of nitrogens with one attached hydrogen (secondary N) is 1. The van der Waals surface area contributed by atoms with E-state index >= 15 is 0 Å². The number of hydrogen-bond donors (Lipinski definition) is 2. The van der Waals surface area contributed by atoms with Gasteiger partial charge in [-0.15, -0.1) is 0 Å². The molecule has 1 aliphatic rings. The van der Waals surface area contributed by atoms with Crippen molar-refractivity contribution in [3.8, 4) is 5.75 Å². The van der Waals surface area contributed by atoms with E-state index in [0.29, 0.717) is 18.3 Å². The number of amides is 2. The second-order valence-electron chi connectivity index (χ2n) is 8.07. The topological polar surface area (TPSA) is 108 Å². The Hall–Kier alpha value is -4.28. The molecular formula is C24H23F2N5O4. The lowest BCUT2D eigenvalue weighted by molar-refractivity contribution is 0.0693. The summed E-state index contributed by atoms with van der Waals surface area (Å²) >= 11 is 0. The fourth-order valence-electron chi connectivity index (χ4n) is 3.83. The number of halogens is 2. The van der Waals surface area contributed by atoms with Crippen LogP contribution in [0.2, 0.25) is 0 Å². The molecule has 182 valence electrons. The van der Waals surface area contributed by atoms with Crippen LogP contribution in [0.4, 0.5) is 8.78 Å². The monoisotopic (exact) mass is 483 g/mol. The zero-order valence-corrected chi connectivity index (χ0v) is 19.1. The number of rotatable bonds is 6. The molecule has 0 atom stereocenters. The SMILES string of the molecule is CCN1CN(Cc2cccc(C)n2)n2cc(C(=O)NCc3ccc(F)cc3F)c(=O)c(O)c2C1=O. The van der Waals surface area contributed by atoms with Crippen molar-refractivity contribution in [2.75, 3.05) is 18.2 Å². The third-order valence-corrected chi connectivity index (χ3v) is 5.66. The van der Waals surface area contributed by atoms with Gasteiger partial charge in [0.05, 0.1) is 12.2 Å². The van der Waals surface area contributed by atoms with Gasteiger partial charge in [0.15, 0.2) is 11.4 Å².